The Morgan fingerprint density at radius 1 is 0.917 bits per heavy atom. The quantitative estimate of drug-likeness (QED) is 0.146. The highest BCUT2D eigenvalue weighted by atomic mass is 35.5. The number of hydrogen-bond donors (Lipinski definition) is 1. The summed E-state index contributed by atoms with van der Waals surface area (Å²) in [5, 5.41) is 6.40. The van der Waals surface area contributed by atoms with Crippen LogP contribution in [-0.4, -0.2) is 31.3 Å². The SMILES string of the molecule is COc1cc(/C=N/NC(=O)C(C)Oc2ccc3ccccc3c2)ccc1OC(=O)c1ccccc1Cl. The summed E-state index contributed by atoms with van der Waals surface area (Å²) in [6, 6.07) is 25.0. The molecule has 0 radical (unpaired) electrons. The van der Waals surface area contributed by atoms with Crippen LogP contribution in [0.1, 0.15) is 22.8 Å². The summed E-state index contributed by atoms with van der Waals surface area (Å²) < 4.78 is 16.5. The third-order valence-electron chi connectivity index (χ3n) is 5.28. The first-order valence-electron chi connectivity index (χ1n) is 11.1. The van der Waals surface area contributed by atoms with Crippen molar-refractivity contribution in [1.29, 1.82) is 0 Å². The summed E-state index contributed by atoms with van der Waals surface area (Å²) in [6.45, 7) is 1.64. The van der Waals surface area contributed by atoms with Gasteiger partial charge >= 0.3 is 5.97 Å². The molecule has 7 nitrogen and oxygen atoms in total. The van der Waals surface area contributed by atoms with E-state index in [0.717, 1.165) is 10.8 Å². The molecule has 0 saturated heterocycles. The summed E-state index contributed by atoms with van der Waals surface area (Å²) in [6.07, 6.45) is 0.687. The summed E-state index contributed by atoms with van der Waals surface area (Å²) in [4.78, 5) is 24.9. The van der Waals surface area contributed by atoms with E-state index >= 15 is 0 Å². The van der Waals surface area contributed by atoms with Crippen LogP contribution in [-0.2, 0) is 4.79 Å². The maximum absolute atomic E-state index is 12.4. The topological polar surface area (TPSA) is 86.2 Å². The van der Waals surface area contributed by atoms with Crippen LogP contribution >= 0.6 is 11.6 Å². The molecule has 1 unspecified atom stereocenters. The predicted octanol–water partition coefficient (Wildman–Crippen LogP) is 5.64. The Kier molecular flexibility index (Phi) is 7.82. The van der Waals surface area contributed by atoms with E-state index in [0.29, 0.717) is 22.1 Å². The van der Waals surface area contributed by atoms with Gasteiger partial charge in [-0.3, -0.25) is 4.79 Å². The molecule has 0 aliphatic rings. The van der Waals surface area contributed by atoms with Crippen LogP contribution in [0.4, 0.5) is 0 Å². The zero-order chi connectivity index (χ0) is 25.5. The maximum atomic E-state index is 12.4. The maximum Gasteiger partial charge on any atom is 0.345 e. The number of esters is 1. The van der Waals surface area contributed by atoms with Crippen LogP contribution < -0.4 is 19.6 Å². The van der Waals surface area contributed by atoms with Crippen molar-refractivity contribution in [3.05, 3.63) is 101 Å². The number of ether oxygens (including phenoxy) is 3. The summed E-state index contributed by atoms with van der Waals surface area (Å²) >= 11 is 6.06. The largest absolute Gasteiger partial charge is 0.493 e. The Morgan fingerprint density at radius 3 is 2.44 bits per heavy atom. The van der Waals surface area contributed by atoms with Gasteiger partial charge in [0, 0.05) is 0 Å². The Balaban J connectivity index is 1.36. The molecule has 1 amide bonds. The molecule has 0 spiro atoms. The summed E-state index contributed by atoms with van der Waals surface area (Å²) in [5.41, 5.74) is 3.33. The van der Waals surface area contributed by atoms with E-state index in [1.807, 2.05) is 42.5 Å². The van der Waals surface area contributed by atoms with Crippen LogP contribution in [0.5, 0.6) is 17.2 Å². The van der Waals surface area contributed by atoms with Gasteiger partial charge in [0.2, 0.25) is 0 Å². The van der Waals surface area contributed by atoms with Crippen molar-refractivity contribution in [3.8, 4) is 17.2 Å². The van der Waals surface area contributed by atoms with E-state index < -0.39 is 18.0 Å². The molecule has 4 rings (SSSR count). The molecule has 0 aliphatic carbocycles. The normalized spacial score (nSPS) is 11.8. The van der Waals surface area contributed by atoms with Gasteiger partial charge in [-0.05, 0) is 65.7 Å². The van der Waals surface area contributed by atoms with E-state index in [1.165, 1.54) is 13.3 Å². The van der Waals surface area contributed by atoms with Crippen LogP contribution in [0.15, 0.2) is 90.0 Å². The van der Waals surface area contributed by atoms with Gasteiger partial charge < -0.3 is 14.2 Å². The fourth-order valence-electron chi connectivity index (χ4n) is 3.39. The van der Waals surface area contributed by atoms with E-state index in [4.69, 9.17) is 25.8 Å². The molecule has 182 valence electrons. The molecular weight excluding hydrogens is 480 g/mol. The fourth-order valence-corrected chi connectivity index (χ4v) is 3.60. The first-order chi connectivity index (χ1) is 17.4. The Labute approximate surface area is 213 Å². The van der Waals surface area contributed by atoms with Crippen molar-refractivity contribution in [3.63, 3.8) is 0 Å². The van der Waals surface area contributed by atoms with Crippen molar-refractivity contribution in [2.45, 2.75) is 13.0 Å². The van der Waals surface area contributed by atoms with Crippen molar-refractivity contribution >= 4 is 40.5 Å². The number of carbonyl (C=O) groups excluding carboxylic acids is 2. The third kappa shape index (κ3) is 6.00. The number of nitrogens with zero attached hydrogens (tertiary/aromatic N) is 1. The van der Waals surface area contributed by atoms with Gasteiger partial charge in [0.15, 0.2) is 17.6 Å². The lowest BCUT2D eigenvalue weighted by Gasteiger charge is -2.13. The first-order valence-corrected chi connectivity index (χ1v) is 11.5. The molecule has 0 fully saturated rings. The molecular formula is C28H23ClN2O5. The molecule has 0 heterocycles. The second-order valence-corrected chi connectivity index (χ2v) is 8.19. The number of halogens is 1. The molecule has 0 saturated carbocycles. The highest BCUT2D eigenvalue weighted by Crippen LogP contribution is 2.29. The van der Waals surface area contributed by atoms with Gasteiger partial charge in [-0.2, -0.15) is 5.10 Å². The number of benzene rings is 4. The number of amides is 1. The minimum atomic E-state index is -0.760. The molecule has 8 heteroatoms. The van der Waals surface area contributed by atoms with Crippen molar-refractivity contribution in [1.82, 2.24) is 5.43 Å². The highest BCUT2D eigenvalue weighted by Gasteiger charge is 2.16. The lowest BCUT2D eigenvalue weighted by Crippen LogP contribution is -2.33. The minimum absolute atomic E-state index is 0.223. The van der Waals surface area contributed by atoms with E-state index in [1.54, 1.807) is 49.4 Å². The van der Waals surface area contributed by atoms with Crippen LogP contribution in [0.25, 0.3) is 10.8 Å². The predicted molar refractivity (Wildman–Crippen MR) is 139 cm³/mol. The monoisotopic (exact) mass is 502 g/mol. The number of hydrogen-bond acceptors (Lipinski definition) is 6. The Hall–Kier alpha value is -4.36. The number of rotatable bonds is 8. The molecule has 1 N–H and O–H groups in total. The van der Waals surface area contributed by atoms with Gasteiger partial charge in [-0.1, -0.05) is 54.1 Å². The smallest absolute Gasteiger partial charge is 0.345 e. The Morgan fingerprint density at radius 2 is 1.67 bits per heavy atom. The van der Waals surface area contributed by atoms with Gasteiger partial charge in [0.05, 0.1) is 23.9 Å². The average Bonchev–Trinajstić information content (AvgIpc) is 2.89. The average molecular weight is 503 g/mol. The highest BCUT2D eigenvalue weighted by molar-refractivity contribution is 6.33. The van der Waals surface area contributed by atoms with Gasteiger partial charge in [-0.15, -0.1) is 0 Å². The van der Waals surface area contributed by atoms with Crippen LogP contribution in [0, 0.1) is 0 Å². The number of methoxy groups -OCH3 is 1. The molecule has 0 bridgehead atoms. The lowest BCUT2D eigenvalue weighted by molar-refractivity contribution is -0.127. The molecule has 36 heavy (non-hydrogen) atoms. The summed E-state index contributed by atoms with van der Waals surface area (Å²) in [7, 11) is 1.46. The molecule has 1 atom stereocenters. The summed E-state index contributed by atoms with van der Waals surface area (Å²) in [5.74, 6) is 0.122. The minimum Gasteiger partial charge on any atom is -0.493 e. The van der Waals surface area contributed by atoms with Crippen molar-refractivity contribution in [2.75, 3.05) is 7.11 Å². The molecule has 4 aromatic rings. The van der Waals surface area contributed by atoms with E-state index in [9.17, 15) is 9.59 Å². The number of hydrazone groups is 1. The van der Waals surface area contributed by atoms with Crippen molar-refractivity contribution < 1.29 is 23.8 Å². The third-order valence-corrected chi connectivity index (χ3v) is 5.61. The zero-order valence-electron chi connectivity index (χ0n) is 19.6. The number of carbonyl (C=O) groups is 2. The lowest BCUT2D eigenvalue weighted by atomic mass is 10.1. The van der Waals surface area contributed by atoms with Gasteiger partial charge in [0.25, 0.3) is 5.91 Å². The fraction of sp³-hybridized carbons (Fsp3) is 0.107. The van der Waals surface area contributed by atoms with Gasteiger partial charge in [-0.25, -0.2) is 10.2 Å². The standard InChI is InChI=1S/C28H23ClN2O5/c1-18(35-22-13-12-20-7-3-4-8-21(20)16-22)27(32)31-30-17-19-11-14-25(26(15-19)34-2)36-28(33)23-9-5-6-10-24(23)29/h3-18H,1-2H3,(H,31,32)/b30-17+. The number of fused-ring (bicyclic) bond motifs is 1. The molecule has 4 aromatic carbocycles. The van der Waals surface area contributed by atoms with E-state index in [-0.39, 0.29) is 11.3 Å². The van der Waals surface area contributed by atoms with E-state index in [2.05, 4.69) is 10.5 Å². The molecule has 0 aromatic heterocycles. The van der Waals surface area contributed by atoms with Crippen LogP contribution in [0.2, 0.25) is 5.02 Å². The van der Waals surface area contributed by atoms with Gasteiger partial charge in [0.1, 0.15) is 5.75 Å². The second-order valence-electron chi connectivity index (χ2n) is 7.78. The molecule has 0 aliphatic heterocycles. The van der Waals surface area contributed by atoms with Crippen molar-refractivity contribution in [2.24, 2.45) is 5.10 Å². The zero-order valence-corrected chi connectivity index (χ0v) is 20.4. The number of nitrogens with one attached hydrogen (secondary N) is 1. The van der Waals surface area contributed by atoms with Crippen LogP contribution in [0.3, 0.4) is 0 Å². The Bertz CT molecular complexity index is 1440. The first kappa shape index (κ1) is 24.8. The second kappa shape index (κ2) is 11.4.